The molecule has 1 aliphatic rings. The lowest BCUT2D eigenvalue weighted by molar-refractivity contribution is 0.0939. The predicted molar refractivity (Wildman–Crippen MR) is 82.6 cm³/mol. The van der Waals surface area contributed by atoms with Gasteiger partial charge in [-0.15, -0.1) is 0 Å². The van der Waals surface area contributed by atoms with Crippen LogP contribution in [0.5, 0.6) is 5.75 Å². The summed E-state index contributed by atoms with van der Waals surface area (Å²) in [5.41, 5.74) is 2.40. The van der Waals surface area contributed by atoms with Gasteiger partial charge in [0.05, 0.1) is 6.61 Å². The van der Waals surface area contributed by atoms with Crippen LogP contribution in [0, 0.1) is 11.6 Å². The molecule has 0 radical (unpaired) electrons. The van der Waals surface area contributed by atoms with Gasteiger partial charge in [0, 0.05) is 18.0 Å². The van der Waals surface area contributed by atoms with E-state index in [1.807, 2.05) is 19.1 Å². The van der Waals surface area contributed by atoms with Crippen LogP contribution >= 0.6 is 0 Å². The third-order valence-electron chi connectivity index (χ3n) is 3.86. The summed E-state index contributed by atoms with van der Waals surface area (Å²) in [5, 5.41) is 2.80. The van der Waals surface area contributed by atoms with Gasteiger partial charge in [0.2, 0.25) is 0 Å². The summed E-state index contributed by atoms with van der Waals surface area (Å²) in [7, 11) is 0. The lowest BCUT2D eigenvalue weighted by Crippen LogP contribution is -2.34. The lowest BCUT2D eigenvalue weighted by atomic mass is 10.0. The Labute approximate surface area is 133 Å². The van der Waals surface area contributed by atoms with E-state index in [9.17, 15) is 13.6 Å². The molecule has 3 nitrogen and oxygen atoms in total. The number of rotatable bonds is 4. The molecule has 3 rings (SSSR count). The second kappa shape index (κ2) is 6.36. The summed E-state index contributed by atoms with van der Waals surface area (Å²) >= 11 is 0. The number of nitrogens with one attached hydrogen (secondary N) is 1. The Hall–Kier alpha value is -2.43. The van der Waals surface area contributed by atoms with Crippen molar-refractivity contribution in [2.45, 2.75) is 25.8 Å². The van der Waals surface area contributed by atoms with E-state index in [4.69, 9.17) is 4.74 Å². The van der Waals surface area contributed by atoms with Gasteiger partial charge in [0.1, 0.15) is 5.75 Å². The van der Waals surface area contributed by atoms with Crippen LogP contribution in [0.25, 0.3) is 0 Å². The van der Waals surface area contributed by atoms with E-state index in [2.05, 4.69) is 11.4 Å². The van der Waals surface area contributed by atoms with Crippen molar-refractivity contribution < 1.29 is 18.3 Å². The molecule has 0 spiro atoms. The standard InChI is InChI=1S/C18H17F2NO2/c1-11(8-12-2-5-17-13(9-12)6-7-23-17)21-18(22)14-3-4-15(19)16(20)10-14/h2-5,9-11H,6-8H2,1H3,(H,21,22). The largest absolute Gasteiger partial charge is 0.493 e. The molecular weight excluding hydrogens is 300 g/mol. The zero-order valence-electron chi connectivity index (χ0n) is 12.7. The molecule has 1 unspecified atom stereocenters. The Kier molecular flexibility index (Phi) is 4.28. The normalized spacial score (nSPS) is 14.0. The van der Waals surface area contributed by atoms with Crippen molar-refractivity contribution in [1.82, 2.24) is 5.32 Å². The third-order valence-corrected chi connectivity index (χ3v) is 3.86. The van der Waals surface area contributed by atoms with Gasteiger partial charge in [-0.25, -0.2) is 8.78 Å². The van der Waals surface area contributed by atoms with E-state index >= 15 is 0 Å². The number of carbonyl (C=O) groups excluding carboxylic acids is 1. The maximum Gasteiger partial charge on any atom is 0.251 e. The Morgan fingerprint density at radius 1 is 1.22 bits per heavy atom. The molecule has 0 aromatic heterocycles. The fourth-order valence-electron chi connectivity index (χ4n) is 2.72. The third kappa shape index (κ3) is 3.50. The molecule has 120 valence electrons. The van der Waals surface area contributed by atoms with Gasteiger partial charge < -0.3 is 10.1 Å². The highest BCUT2D eigenvalue weighted by atomic mass is 19.2. The molecule has 0 aliphatic carbocycles. The fraction of sp³-hybridized carbons (Fsp3) is 0.278. The molecule has 0 saturated carbocycles. The number of fused-ring (bicyclic) bond motifs is 1. The molecule has 23 heavy (non-hydrogen) atoms. The van der Waals surface area contributed by atoms with Crippen molar-refractivity contribution in [2.24, 2.45) is 0 Å². The van der Waals surface area contributed by atoms with Crippen LogP contribution in [0.15, 0.2) is 36.4 Å². The Morgan fingerprint density at radius 3 is 2.83 bits per heavy atom. The maximum atomic E-state index is 13.2. The number of hydrogen-bond acceptors (Lipinski definition) is 2. The van der Waals surface area contributed by atoms with Gasteiger partial charge in [-0.05, 0) is 48.7 Å². The summed E-state index contributed by atoms with van der Waals surface area (Å²) in [6.45, 7) is 2.59. The molecule has 0 bridgehead atoms. The van der Waals surface area contributed by atoms with Gasteiger partial charge in [0.15, 0.2) is 11.6 Å². The smallest absolute Gasteiger partial charge is 0.251 e. The molecule has 0 saturated heterocycles. The van der Waals surface area contributed by atoms with Crippen LogP contribution < -0.4 is 10.1 Å². The first-order chi connectivity index (χ1) is 11.0. The molecule has 2 aromatic carbocycles. The number of amides is 1. The van der Waals surface area contributed by atoms with Gasteiger partial charge in [-0.2, -0.15) is 0 Å². The topological polar surface area (TPSA) is 38.3 Å². The number of hydrogen-bond donors (Lipinski definition) is 1. The van der Waals surface area contributed by atoms with Crippen LogP contribution in [0.2, 0.25) is 0 Å². The summed E-state index contributed by atoms with van der Waals surface area (Å²) in [5.74, 6) is -1.48. The highest BCUT2D eigenvalue weighted by molar-refractivity contribution is 5.94. The molecular formula is C18H17F2NO2. The van der Waals surface area contributed by atoms with Crippen LogP contribution in [-0.2, 0) is 12.8 Å². The number of halogens is 2. The summed E-state index contributed by atoms with van der Waals surface area (Å²) < 4.78 is 31.6. The molecule has 1 heterocycles. The van der Waals surface area contributed by atoms with Crippen molar-refractivity contribution in [2.75, 3.05) is 6.61 Å². The van der Waals surface area contributed by atoms with E-state index in [0.717, 1.165) is 29.9 Å². The van der Waals surface area contributed by atoms with Crippen molar-refractivity contribution in [3.05, 3.63) is 64.7 Å². The Bertz CT molecular complexity index is 746. The first-order valence-electron chi connectivity index (χ1n) is 7.53. The minimum absolute atomic E-state index is 0.109. The Morgan fingerprint density at radius 2 is 2.04 bits per heavy atom. The van der Waals surface area contributed by atoms with Gasteiger partial charge in [-0.3, -0.25) is 4.79 Å². The van der Waals surface area contributed by atoms with Gasteiger partial charge in [0.25, 0.3) is 5.91 Å². The predicted octanol–water partition coefficient (Wildman–Crippen LogP) is 3.26. The van der Waals surface area contributed by atoms with E-state index in [1.54, 1.807) is 0 Å². The molecule has 5 heteroatoms. The highest BCUT2D eigenvalue weighted by Crippen LogP contribution is 2.26. The number of benzene rings is 2. The second-order valence-corrected chi connectivity index (χ2v) is 5.75. The Balaban J connectivity index is 1.63. The summed E-state index contributed by atoms with van der Waals surface area (Å²) in [6, 6.07) is 9.01. The summed E-state index contributed by atoms with van der Waals surface area (Å²) in [6.07, 6.45) is 1.56. The molecule has 1 aliphatic heterocycles. The van der Waals surface area contributed by atoms with Crippen molar-refractivity contribution in [1.29, 1.82) is 0 Å². The second-order valence-electron chi connectivity index (χ2n) is 5.75. The van der Waals surface area contributed by atoms with Crippen molar-refractivity contribution in [3.8, 4) is 5.75 Å². The quantitative estimate of drug-likeness (QED) is 0.940. The van der Waals surface area contributed by atoms with Crippen LogP contribution in [-0.4, -0.2) is 18.6 Å². The molecule has 2 aromatic rings. The van der Waals surface area contributed by atoms with E-state index in [-0.39, 0.29) is 11.6 Å². The lowest BCUT2D eigenvalue weighted by Gasteiger charge is -2.14. The van der Waals surface area contributed by atoms with E-state index in [1.165, 1.54) is 11.6 Å². The van der Waals surface area contributed by atoms with Crippen LogP contribution in [0.4, 0.5) is 8.78 Å². The monoisotopic (exact) mass is 317 g/mol. The van der Waals surface area contributed by atoms with Gasteiger partial charge in [-0.1, -0.05) is 12.1 Å². The zero-order chi connectivity index (χ0) is 16.4. The van der Waals surface area contributed by atoms with E-state index < -0.39 is 17.5 Å². The summed E-state index contributed by atoms with van der Waals surface area (Å²) in [4.78, 5) is 12.1. The number of ether oxygens (including phenoxy) is 1. The minimum atomic E-state index is -1.02. The molecule has 1 atom stereocenters. The maximum absolute atomic E-state index is 13.2. The molecule has 1 amide bonds. The first kappa shape index (κ1) is 15.5. The number of carbonyl (C=O) groups is 1. The van der Waals surface area contributed by atoms with Crippen LogP contribution in [0.3, 0.4) is 0 Å². The zero-order valence-corrected chi connectivity index (χ0v) is 12.7. The average Bonchev–Trinajstić information content (AvgIpc) is 2.97. The van der Waals surface area contributed by atoms with E-state index in [0.29, 0.717) is 13.0 Å². The van der Waals surface area contributed by atoms with Crippen molar-refractivity contribution >= 4 is 5.91 Å². The minimum Gasteiger partial charge on any atom is -0.493 e. The van der Waals surface area contributed by atoms with Crippen LogP contribution in [0.1, 0.15) is 28.4 Å². The van der Waals surface area contributed by atoms with Gasteiger partial charge >= 0.3 is 0 Å². The first-order valence-corrected chi connectivity index (χ1v) is 7.53. The molecule has 1 N–H and O–H groups in total. The fourth-order valence-corrected chi connectivity index (χ4v) is 2.72. The highest BCUT2D eigenvalue weighted by Gasteiger charge is 2.15. The average molecular weight is 317 g/mol. The SMILES string of the molecule is CC(Cc1ccc2c(c1)CCO2)NC(=O)c1ccc(F)c(F)c1. The molecule has 0 fully saturated rings. The van der Waals surface area contributed by atoms with Crippen molar-refractivity contribution in [3.63, 3.8) is 0 Å².